The third-order valence-corrected chi connectivity index (χ3v) is 2.32. The number of hydrogen-bond donors (Lipinski definition) is 2. The van der Waals surface area contributed by atoms with Gasteiger partial charge >= 0.3 is 5.97 Å². The summed E-state index contributed by atoms with van der Waals surface area (Å²) in [6.45, 7) is 1.64. The Labute approximate surface area is 106 Å². The Kier molecular flexibility index (Phi) is 3.28. The number of amides is 1. The lowest BCUT2D eigenvalue weighted by atomic mass is 10.2. The number of carbonyl (C=O) groups excluding carboxylic acids is 1. The van der Waals surface area contributed by atoms with E-state index >= 15 is 0 Å². The maximum atomic E-state index is 13.6. The van der Waals surface area contributed by atoms with Crippen LogP contribution in [0.4, 0.5) is 10.1 Å². The zero-order valence-electron chi connectivity index (χ0n) is 9.81. The number of nitrogens with zero attached hydrogens (tertiary/aromatic N) is 1. The first-order valence-corrected chi connectivity index (χ1v) is 5.25. The molecule has 6 nitrogen and oxygen atoms in total. The Morgan fingerprint density at radius 2 is 2.11 bits per heavy atom. The molecular weight excluding hydrogens is 255 g/mol. The highest BCUT2D eigenvalue weighted by Crippen LogP contribution is 2.17. The molecule has 7 heteroatoms. The molecule has 2 N–H and O–H groups in total. The molecule has 0 bridgehead atoms. The zero-order chi connectivity index (χ0) is 14.0. The Morgan fingerprint density at radius 3 is 2.63 bits per heavy atom. The van der Waals surface area contributed by atoms with Crippen molar-refractivity contribution in [1.29, 1.82) is 0 Å². The number of carboxylic acids is 1. The number of hydrogen-bond acceptors (Lipinski definition) is 4. The third-order valence-electron chi connectivity index (χ3n) is 2.32. The zero-order valence-corrected chi connectivity index (χ0v) is 9.81. The van der Waals surface area contributed by atoms with E-state index in [1.54, 1.807) is 6.92 Å². The molecule has 0 atom stereocenters. The van der Waals surface area contributed by atoms with Crippen molar-refractivity contribution in [2.24, 2.45) is 0 Å². The predicted molar refractivity (Wildman–Crippen MR) is 62.6 cm³/mol. The van der Waals surface area contributed by atoms with Crippen LogP contribution in [0.1, 0.15) is 26.6 Å². The van der Waals surface area contributed by atoms with Gasteiger partial charge in [0.15, 0.2) is 0 Å². The van der Waals surface area contributed by atoms with E-state index in [-0.39, 0.29) is 17.0 Å². The molecule has 1 heterocycles. The Morgan fingerprint density at radius 1 is 1.37 bits per heavy atom. The Hall–Kier alpha value is -2.70. The van der Waals surface area contributed by atoms with E-state index in [1.807, 2.05) is 0 Å². The van der Waals surface area contributed by atoms with Crippen molar-refractivity contribution in [3.05, 3.63) is 47.1 Å². The number of carbonyl (C=O) groups is 2. The largest absolute Gasteiger partial charge is 0.478 e. The van der Waals surface area contributed by atoms with Crippen LogP contribution in [0.15, 0.2) is 28.8 Å². The lowest BCUT2D eigenvalue weighted by Crippen LogP contribution is -2.12. The van der Waals surface area contributed by atoms with E-state index in [9.17, 15) is 14.0 Å². The number of benzene rings is 1. The number of aromatic carboxylic acids is 1. The molecule has 19 heavy (non-hydrogen) atoms. The smallest absolute Gasteiger partial charge is 0.335 e. The first-order valence-electron chi connectivity index (χ1n) is 5.25. The highest BCUT2D eigenvalue weighted by Gasteiger charge is 2.15. The van der Waals surface area contributed by atoms with Gasteiger partial charge in [-0.25, -0.2) is 9.18 Å². The molecule has 1 aromatic heterocycles. The maximum absolute atomic E-state index is 13.6. The number of rotatable bonds is 3. The minimum Gasteiger partial charge on any atom is -0.478 e. The van der Waals surface area contributed by atoms with Crippen LogP contribution in [0.3, 0.4) is 0 Å². The van der Waals surface area contributed by atoms with Gasteiger partial charge in [0.25, 0.3) is 5.91 Å². The molecule has 0 saturated heterocycles. The normalized spacial score (nSPS) is 10.2. The molecule has 0 spiro atoms. The van der Waals surface area contributed by atoms with Crippen LogP contribution in [0.25, 0.3) is 0 Å². The van der Waals surface area contributed by atoms with Crippen LogP contribution in [0.2, 0.25) is 0 Å². The van der Waals surface area contributed by atoms with Gasteiger partial charge in [0.1, 0.15) is 5.82 Å². The minimum absolute atomic E-state index is 0.0563. The van der Waals surface area contributed by atoms with Gasteiger partial charge in [-0.15, -0.1) is 0 Å². The molecular formula is C12H9FN2O4. The van der Waals surface area contributed by atoms with E-state index in [4.69, 9.17) is 9.63 Å². The van der Waals surface area contributed by atoms with Crippen molar-refractivity contribution < 1.29 is 23.6 Å². The summed E-state index contributed by atoms with van der Waals surface area (Å²) in [5.74, 6) is -2.81. The molecule has 0 aliphatic heterocycles. The van der Waals surface area contributed by atoms with Crippen molar-refractivity contribution in [3.8, 4) is 0 Å². The number of aryl methyl sites for hydroxylation is 1. The first kappa shape index (κ1) is 12.7. The van der Waals surface area contributed by atoms with E-state index in [1.165, 1.54) is 18.2 Å². The van der Waals surface area contributed by atoms with Gasteiger partial charge in [-0.05, 0) is 25.1 Å². The van der Waals surface area contributed by atoms with E-state index in [0.717, 1.165) is 6.07 Å². The van der Waals surface area contributed by atoms with Gasteiger partial charge in [-0.1, -0.05) is 5.16 Å². The number of anilines is 1. The van der Waals surface area contributed by atoms with E-state index in [0.29, 0.717) is 5.69 Å². The lowest BCUT2D eigenvalue weighted by molar-refractivity contribution is 0.0696. The summed E-state index contributed by atoms with van der Waals surface area (Å²) in [7, 11) is 0. The van der Waals surface area contributed by atoms with Gasteiger partial charge in [-0.3, -0.25) is 4.79 Å². The second-order valence-electron chi connectivity index (χ2n) is 3.79. The molecule has 0 unspecified atom stereocenters. The van der Waals surface area contributed by atoms with Gasteiger partial charge in [0, 0.05) is 6.07 Å². The fourth-order valence-electron chi connectivity index (χ4n) is 1.40. The molecule has 0 saturated carbocycles. The van der Waals surface area contributed by atoms with Crippen LogP contribution in [0, 0.1) is 12.7 Å². The number of halogens is 1. The number of carboxylic acid groups (broad SMARTS) is 1. The predicted octanol–water partition coefficient (Wildman–Crippen LogP) is 2.07. The number of aromatic nitrogens is 1. The summed E-state index contributed by atoms with van der Waals surface area (Å²) in [6, 6.07) is 4.58. The van der Waals surface area contributed by atoms with Gasteiger partial charge < -0.3 is 14.9 Å². The summed E-state index contributed by atoms with van der Waals surface area (Å²) in [5.41, 5.74) is 0.182. The van der Waals surface area contributed by atoms with Gasteiger partial charge in [-0.2, -0.15) is 0 Å². The first-order chi connectivity index (χ1) is 8.97. The average Bonchev–Trinajstić information content (AvgIpc) is 2.78. The summed E-state index contributed by atoms with van der Waals surface area (Å²) in [6.07, 6.45) is 0. The van der Waals surface area contributed by atoms with Crippen LogP contribution < -0.4 is 5.32 Å². The van der Waals surface area contributed by atoms with Crippen molar-refractivity contribution in [2.75, 3.05) is 5.32 Å². The second-order valence-corrected chi connectivity index (χ2v) is 3.79. The number of nitrogens with one attached hydrogen (secondary N) is 1. The second kappa shape index (κ2) is 4.89. The molecule has 0 aliphatic rings. The van der Waals surface area contributed by atoms with E-state index < -0.39 is 17.7 Å². The molecule has 0 radical (unpaired) electrons. The average molecular weight is 264 g/mol. The van der Waals surface area contributed by atoms with Crippen molar-refractivity contribution >= 4 is 17.6 Å². The molecule has 1 aromatic carbocycles. The van der Waals surface area contributed by atoms with Crippen LogP contribution in [-0.4, -0.2) is 22.1 Å². The van der Waals surface area contributed by atoms with Crippen LogP contribution >= 0.6 is 0 Å². The molecule has 2 rings (SSSR count). The fourth-order valence-corrected chi connectivity index (χ4v) is 1.40. The van der Waals surface area contributed by atoms with Crippen LogP contribution in [-0.2, 0) is 0 Å². The topological polar surface area (TPSA) is 92.4 Å². The van der Waals surface area contributed by atoms with Crippen molar-refractivity contribution in [1.82, 2.24) is 5.16 Å². The monoisotopic (exact) mass is 264 g/mol. The highest BCUT2D eigenvalue weighted by atomic mass is 19.1. The standard InChI is InChI=1S/C12H9FN2O4/c1-6-4-10(19-15-6)11(16)14-9-3-2-7(12(17)18)5-8(9)13/h2-5H,1H3,(H,14,16)(H,17,18). The maximum Gasteiger partial charge on any atom is 0.335 e. The van der Waals surface area contributed by atoms with Gasteiger partial charge in [0.05, 0.1) is 16.9 Å². The Balaban J connectivity index is 2.20. The fraction of sp³-hybridized carbons (Fsp3) is 0.0833. The summed E-state index contributed by atoms with van der Waals surface area (Å²) >= 11 is 0. The van der Waals surface area contributed by atoms with Crippen molar-refractivity contribution in [2.45, 2.75) is 6.92 Å². The molecule has 1 amide bonds. The lowest BCUT2D eigenvalue weighted by Gasteiger charge is -2.04. The summed E-state index contributed by atoms with van der Waals surface area (Å²) in [5, 5.41) is 14.5. The molecule has 98 valence electrons. The minimum atomic E-state index is -1.25. The quantitative estimate of drug-likeness (QED) is 0.885. The molecule has 0 fully saturated rings. The summed E-state index contributed by atoms with van der Waals surface area (Å²) in [4.78, 5) is 22.3. The Bertz CT molecular complexity index is 651. The molecule has 0 aliphatic carbocycles. The highest BCUT2D eigenvalue weighted by molar-refractivity contribution is 6.02. The van der Waals surface area contributed by atoms with E-state index in [2.05, 4.69) is 10.5 Å². The van der Waals surface area contributed by atoms with Crippen LogP contribution in [0.5, 0.6) is 0 Å². The molecule has 2 aromatic rings. The third kappa shape index (κ3) is 2.76. The van der Waals surface area contributed by atoms with Gasteiger partial charge in [0.2, 0.25) is 5.76 Å². The summed E-state index contributed by atoms with van der Waals surface area (Å²) < 4.78 is 18.3. The van der Waals surface area contributed by atoms with Crippen molar-refractivity contribution in [3.63, 3.8) is 0 Å². The SMILES string of the molecule is Cc1cc(C(=O)Nc2ccc(C(=O)O)cc2F)on1.